The van der Waals surface area contributed by atoms with Crippen molar-refractivity contribution >= 4 is 29.4 Å². The summed E-state index contributed by atoms with van der Waals surface area (Å²) in [6.07, 6.45) is 1.58. The topological polar surface area (TPSA) is 25.8 Å². The first-order chi connectivity index (χ1) is 3.84. The molecule has 1 rings (SSSR count). The van der Waals surface area contributed by atoms with Crippen molar-refractivity contribution in [3.63, 3.8) is 0 Å². The molecule has 0 atom stereocenters. The van der Waals surface area contributed by atoms with Gasteiger partial charge in [-0.2, -0.15) is 8.75 Å². The van der Waals surface area contributed by atoms with Gasteiger partial charge < -0.3 is 0 Å². The van der Waals surface area contributed by atoms with Crippen LogP contribution < -0.4 is 0 Å². The SMILES string of the molecule is C=Cc1nsnc1Cl. The number of hydrogen-bond acceptors (Lipinski definition) is 3. The van der Waals surface area contributed by atoms with Crippen molar-refractivity contribution in [3.8, 4) is 0 Å². The Labute approximate surface area is 56.1 Å². The summed E-state index contributed by atoms with van der Waals surface area (Å²) >= 11 is 6.59. The zero-order valence-electron chi connectivity index (χ0n) is 3.97. The predicted molar refractivity (Wildman–Crippen MR) is 35.0 cm³/mol. The molecule has 1 aromatic rings. The minimum atomic E-state index is 0.435. The van der Waals surface area contributed by atoms with Crippen molar-refractivity contribution in [2.75, 3.05) is 0 Å². The molecule has 0 aliphatic rings. The maximum Gasteiger partial charge on any atom is 0.170 e. The van der Waals surface area contributed by atoms with E-state index in [1.807, 2.05) is 0 Å². The standard InChI is InChI=1S/C4H3ClN2S/c1-2-3-4(5)7-8-6-3/h2H,1H2. The zero-order valence-corrected chi connectivity index (χ0v) is 5.54. The van der Waals surface area contributed by atoms with Gasteiger partial charge in [0.05, 0.1) is 11.7 Å². The molecule has 0 unspecified atom stereocenters. The lowest BCUT2D eigenvalue weighted by Crippen LogP contribution is -1.66. The van der Waals surface area contributed by atoms with Crippen LogP contribution >= 0.6 is 23.3 Å². The van der Waals surface area contributed by atoms with Gasteiger partial charge in [-0.3, -0.25) is 0 Å². The number of rotatable bonds is 1. The molecular formula is C4H3ClN2S. The quantitative estimate of drug-likeness (QED) is 0.604. The van der Waals surface area contributed by atoms with E-state index in [0.717, 1.165) is 11.7 Å². The smallest absolute Gasteiger partial charge is 0.170 e. The van der Waals surface area contributed by atoms with Crippen LogP contribution in [0.15, 0.2) is 6.58 Å². The summed E-state index contributed by atoms with van der Waals surface area (Å²) in [7, 11) is 0. The van der Waals surface area contributed by atoms with Gasteiger partial charge >= 0.3 is 0 Å². The van der Waals surface area contributed by atoms with E-state index < -0.39 is 0 Å². The molecule has 0 fully saturated rings. The predicted octanol–water partition coefficient (Wildman–Crippen LogP) is 1.83. The molecule has 1 heterocycles. The molecule has 8 heavy (non-hydrogen) atoms. The highest BCUT2D eigenvalue weighted by Gasteiger charge is 1.96. The molecule has 0 bridgehead atoms. The summed E-state index contributed by atoms with van der Waals surface area (Å²) in [5.41, 5.74) is 0.664. The molecule has 0 radical (unpaired) electrons. The molecular weight excluding hydrogens is 144 g/mol. The molecule has 0 aliphatic heterocycles. The third-order valence-electron chi connectivity index (χ3n) is 0.665. The summed E-state index contributed by atoms with van der Waals surface area (Å²) in [5.74, 6) is 0. The second-order valence-corrected chi connectivity index (χ2v) is 2.03. The summed E-state index contributed by atoms with van der Waals surface area (Å²) in [6.45, 7) is 3.48. The third-order valence-corrected chi connectivity index (χ3v) is 1.59. The van der Waals surface area contributed by atoms with Crippen LogP contribution in [-0.2, 0) is 0 Å². The van der Waals surface area contributed by atoms with Gasteiger partial charge in [-0.05, 0) is 6.08 Å². The van der Waals surface area contributed by atoms with Crippen molar-refractivity contribution in [1.29, 1.82) is 0 Å². The van der Waals surface area contributed by atoms with Crippen LogP contribution in [0.5, 0.6) is 0 Å². The Balaban J connectivity index is 3.09. The maximum atomic E-state index is 5.51. The number of halogens is 1. The van der Waals surface area contributed by atoms with E-state index in [-0.39, 0.29) is 0 Å². The van der Waals surface area contributed by atoms with E-state index in [4.69, 9.17) is 11.6 Å². The van der Waals surface area contributed by atoms with Gasteiger partial charge in [0.25, 0.3) is 0 Å². The Morgan fingerprint density at radius 3 is 2.62 bits per heavy atom. The highest BCUT2D eigenvalue weighted by molar-refractivity contribution is 6.99. The summed E-state index contributed by atoms with van der Waals surface area (Å²) in [6, 6.07) is 0. The largest absolute Gasteiger partial charge is 0.172 e. The van der Waals surface area contributed by atoms with Crippen LogP contribution in [0.4, 0.5) is 0 Å². The lowest BCUT2D eigenvalue weighted by Gasteiger charge is -1.75. The molecule has 0 aromatic carbocycles. The van der Waals surface area contributed by atoms with Crippen LogP contribution in [0, 0.1) is 0 Å². The summed E-state index contributed by atoms with van der Waals surface area (Å²) in [4.78, 5) is 0. The summed E-state index contributed by atoms with van der Waals surface area (Å²) < 4.78 is 7.53. The highest BCUT2D eigenvalue weighted by Crippen LogP contribution is 2.11. The first-order valence-electron chi connectivity index (χ1n) is 1.95. The van der Waals surface area contributed by atoms with E-state index >= 15 is 0 Å². The fraction of sp³-hybridized carbons (Fsp3) is 0. The Bertz CT molecular complexity index is 196. The van der Waals surface area contributed by atoms with Crippen molar-refractivity contribution in [2.24, 2.45) is 0 Å². The summed E-state index contributed by atoms with van der Waals surface area (Å²) in [5, 5.41) is 0.435. The first kappa shape index (κ1) is 5.72. The average molecular weight is 147 g/mol. The van der Waals surface area contributed by atoms with Gasteiger partial charge in [0, 0.05) is 0 Å². The molecule has 0 amide bonds. The van der Waals surface area contributed by atoms with Crippen molar-refractivity contribution in [3.05, 3.63) is 17.4 Å². The monoisotopic (exact) mass is 146 g/mol. The normalized spacial score (nSPS) is 9.12. The van der Waals surface area contributed by atoms with E-state index in [0.29, 0.717) is 10.8 Å². The van der Waals surface area contributed by atoms with Gasteiger partial charge in [-0.25, -0.2) is 0 Å². The van der Waals surface area contributed by atoms with Crippen LogP contribution in [0.3, 0.4) is 0 Å². The van der Waals surface area contributed by atoms with Gasteiger partial charge in [0.1, 0.15) is 5.69 Å². The van der Waals surface area contributed by atoms with Crippen LogP contribution in [0.2, 0.25) is 5.15 Å². The van der Waals surface area contributed by atoms with Gasteiger partial charge in [-0.15, -0.1) is 0 Å². The second kappa shape index (κ2) is 2.24. The maximum absolute atomic E-state index is 5.51. The molecule has 0 aliphatic carbocycles. The Morgan fingerprint density at radius 1 is 1.62 bits per heavy atom. The van der Waals surface area contributed by atoms with E-state index in [2.05, 4.69) is 15.3 Å². The average Bonchev–Trinajstić information content (AvgIpc) is 2.14. The van der Waals surface area contributed by atoms with Crippen molar-refractivity contribution in [1.82, 2.24) is 8.75 Å². The van der Waals surface area contributed by atoms with Gasteiger partial charge in [0.15, 0.2) is 5.15 Å². The molecule has 1 aromatic heterocycles. The van der Waals surface area contributed by atoms with Gasteiger partial charge in [-0.1, -0.05) is 18.2 Å². The second-order valence-electron chi connectivity index (χ2n) is 1.14. The number of aromatic nitrogens is 2. The van der Waals surface area contributed by atoms with E-state index in [9.17, 15) is 0 Å². The van der Waals surface area contributed by atoms with Gasteiger partial charge in [0.2, 0.25) is 0 Å². The molecule has 0 N–H and O–H groups in total. The third kappa shape index (κ3) is 0.877. The fourth-order valence-corrected chi connectivity index (χ4v) is 1.02. The fourth-order valence-electron chi connectivity index (χ4n) is 0.306. The van der Waals surface area contributed by atoms with Crippen LogP contribution in [-0.4, -0.2) is 8.75 Å². The Kier molecular flexibility index (Phi) is 1.60. The lowest BCUT2D eigenvalue weighted by atomic mass is 10.5. The molecule has 4 heteroatoms. The zero-order chi connectivity index (χ0) is 5.98. The van der Waals surface area contributed by atoms with E-state index in [1.165, 1.54) is 0 Å². The van der Waals surface area contributed by atoms with Crippen molar-refractivity contribution < 1.29 is 0 Å². The molecule has 42 valence electrons. The lowest BCUT2D eigenvalue weighted by molar-refractivity contribution is 1.48. The first-order valence-corrected chi connectivity index (χ1v) is 3.06. The van der Waals surface area contributed by atoms with E-state index in [1.54, 1.807) is 6.08 Å². The van der Waals surface area contributed by atoms with Crippen LogP contribution in [0.1, 0.15) is 5.69 Å². The minimum Gasteiger partial charge on any atom is -0.172 e. The molecule has 0 saturated carbocycles. The number of hydrogen-bond donors (Lipinski definition) is 0. The minimum absolute atomic E-state index is 0.435. The van der Waals surface area contributed by atoms with Crippen molar-refractivity contribution in [2.45, 2.75) is 0 Å². The van der Waals surface area contributed by atoms with Crippen LogP contribution in [0.25, 0.3) is 6.08 Å². The number of nitrogens with zero attached hydrogens (tertiary/aromatic N) is 2. The Hall–Kier alpha value is -0.410. The molecule has 2 nitrogen and oxygen atoms in total. The molecule has 0 spiro atoms. The highest BCUT2D eigenvalue weighted by atomic mass is 35.5. The molecule has 0 saturated heterocycles. The Morgan fingerprint density at radius 2 is 2.38 bits per heavy atom.